The SMILES string of the molecule is CCCC(CCC)OCC(N)=O. The molecule has 0 saturated carbocycles. The number of hydrogen-bond acceptors (Lipinski definition) is 2. The summed E-state index contributed by atoms with van der Waals surface area (Å²) in [5.41, 5.74) is 4.97. The first-order chi connectivity index (χ1) is 5.70. The van der Waals surface area contributed by atoms with Crippen LogP contribution in [0.15, 0.2) is 0 Å². The molecule has 12 heavy (non-hydrogen) atoms. The lowest BCUT2D eigenvalue weighted by Gasteiger charge is -2.14. The average Bonchev–Trinajstić information content (AvgIpc) is 2.01. The molecule has 0 aromatic carbocycles. The Hall–Kier alpha value is -0.570. The number of carbonyl (C=O) groups excluding carboxylic acids is 1. The molecule has 0 spiro atoms. The summed E-state index contributed by atoms with van der Waals surface area (Å²) in [6.07, 6.45) is 4.42. The van der Waals surface area contributed by atoms with Crippen molar-refractivity contribution >= 4 is 5.91 Å². The summed E-state index contributed by atoms with van der Waals surface area (Å²) in [4.78, 5) is 10.4. The predicted octanol–water partition coefficient (Wildman–Crippen LogP) is 1.46. The van der Waals surface area contributed by atoms with Crippen molar-refractivity contribution in [2.24, 2.45) is 5.73 Å². The van der Waals surface area contributed by atoms with Crippen molar-refractivity contribution < 1.29 is 9.53 Å². The maximum atomic E-state index is 10.4. The van der Waals surface area contributed by atoms with E-state index in [4.69, 9.17) is 10.5 Å². The Morgan fingerprint density at radius 1 is 1.33 bits per heavy atom. The van der Waals surface area contributed by atoms with Gasteiger partial charge in [-0.15, -0.1) is 0 Å². The predicted molar refractivity (Wildman–Crippen MR) is 48.8 cm³/mol. The van der Waals surface area contributed by atoms with Crippen LogP contribution in [-0.4, -0.2) is 18.6 Å². The third kappa shape index (κ3) is 6.16. The molecule has 0 aromatic rings. The van der Waals surface area contributed by atoms with E-state index in [0.717, 1.165) is 25.7 Å². The van der Waals surface area contributed by atoms with E-state index in [-0.39, 0.29) is 18.6 Å². The molecule has 3 nitrogen and oxygen atoms in total. The van der Waals surface area contributed by atoms with Crippen molar-refractivity contribution in [3.63, 3.8) is 0 Å². The lowest BCUT2D eigenvalue weighted by Crippen LogP contribution is -2.23. The fourth-order valence-corrected chi connectivity index (χ4v) is 1.15. The van der Waals surface area contributed by atoms with Crippen LogP contribution in [0.1, 0.15) is 39.5 Å². The van der Waals surface area contributed by atoms with Gasteiger partial charge in [0, 0.05) is 0 Å². The molecule has 0 atom stereocenters. The normalized spacial score (nSPS) is 10.6. The molecule has 2 N–H and O–H groups in total. The van der Waals surface area contributed by atoms with Crippen molar-refractivity contribution in [3.8, 4) is 0 Å². The van der Waals surface area contributed by atoms with E-state index in [1.165, 1.54) is 0 Å². The van der Waals surface area contributed by atoms with E-state index >= 15 is 0 Å². The minimum atomic E-state index is -0.382. The third-order valence-corrected chi connectivity index (χ3v) is 1.68. The van der Waals surface area contributed by atoms with Crippen LogP contribution in [0, 0.1) is 0 Å². The van der Waals surface area contributed by atoms with Crippen LogP contribution in [0.25, 0.3) is 0 Å². The fourth-order valence-electron chi connectivity index (χ4n) is 1.15. The van der Waals surface area contributed by atoms with E-state index in [9.17, 15) is 4.79 Å². The van der Waals surface area contributed by atoms with E-state index in [0.29, 0.717) is 0 Å². The Balaban J connectivity index is 3.54. The minimum Gasteiger partial charge on any atom is -0.368 e. The van der Waals surface area contributed by atoms with Crippen molar-refractivity contribution in [2.75, 3.05) is 6.61 Å². The molecule has 0 aliphatic heterocycles. The van der Waals surface area contributed by atoms with E-state index < -0.39 is 0 Å². The molecule has 0 rings (SSSR count). The van der Waals surface area contributed by atoms with Crippen LogP contribution in [0.3, 0.4) is 0 Å². The second-order valence-corrected chi connectivity index (χ2v) is 2.98. The maximum absolute atomic E-state index is 10.4. The molecule has 0 aromatic heterocycles. The highest BCUT2D eigenvalue weighted by Crippen LogP contribution is 2.08. The molecule has 72 valence electrons. The summed E-state index contributed by atoms with van der Waals surface area (Å²) in [5, 5.41) is 0. The number of primary amides is 1. The second-order valence-electron chi connectivity index (χ2n) is 2.98. The first-order valence-electron chi connectivity index (χ1n) is 4.60. The highest BCUT2D eigenvalue weighted by Gasteiger charge is 2.07. The van der Waals surface area contributed by atoms with Crippen molar-refractivity contribution in [3.05, 3.63) is 0 Å². The summed E-state index contributed by atoms with van der Waals surface area (Å²) < 4.78 is 5.31. The van der Waals surface area contributed by atoms with Crippen LogP contribution >= 0.6 is 0 Å². The van der Waals surface area contributed by atoms with Gasteiger partial charge in [0.15, 0.2) is 0 Å². The maximum Gasteiger partial charge on any atom is 0.243 e. The van der Waals surface area contributed by atoms with Gasteiger partial charge in [-0.3, -0.25) is 4.79 Å². The average molecular weight is 173 g/mol. The van der Waals surface area contributed by atoms with Crippen molar-refractivity contribution in [1.82, 2.24) is 0 Å². The quantitative estimate of drug-likeness (QED) is 0.633. The van der Waals surface area contributed by atoms with Crippen LogP contribution < -0.4 is 5.73 Å². The Morgan fingerprint density at radius 3 is 2.17 bits per heavy atom. The molecule has 0 unspecified atom stereocenters. The standard InChI is InChI=1S/C9H19NO2/c1-3-5-8(6-4-2)12-7-9(10)11/h8H,3-7H2,1-2H3,(H2,10,11). The van der Waals surface area contributed by atoms with E-state index in [1.807, 2.05) is 0 Å². The molecule has 3 heteroatoms. The van der Waals surface area contributed by atoms with Crippen LogP contribution in [0.5, 0.6) is 0 Å². The van der Waals surface area contributed by atoms with Gasteiger partial charge in [0.25, 0.3) is 0 Å². The third-order valence-electron chi connectivity index (χ3n) is 1.68. The number of nitrogens with two attached hydrogens (primary N) is 1. The Kier molecular flexibility index (Phi) is 6.76. The Labute approximate surface area is 74.3 Å². The molecular weight excluding hydrogens is 154 g/mol. The van der Waals surface area contributed by atoms with Gasteiger partial charge in [0.1, 0.15) is 6.61 Å². The molecule has 0 heterocycles. The van der Waals surface area contributed by atoms with Crippen molar-refractivity contribution in [1.29, 1.82) is 0 Å². The first-order valence-corrected chi connectivity index (χ1v) is 4.60. The summed E-state index contributed by atoms with van der Waals surface area (Å²) in [6.45, 7) is 4.28. The Bertz CT molecular complexity index is 120. The van der Waals surface area contributed by atoms with E-state index in [1.54, 1.807) is 0 Å². The van der Waals surface area contributed by atoms with Crippen LogP contribution in [0.2, 0.25) is 0 Å². The monoisotopic (exact) mass is 173 g/mol. The zero-order valence-electron chi connectivity index (χ0n) is 8.01. The van der Waals surface area contributed by atoms with Crippen molar-refractivity contribution in [2.45, 2.75) is 45.6 Å². The molecule has 0 aliphatic rings. The molecule has 0 fully saturated rings. The zero-order chi connectivity index (χ0) is 9.40. The number of carbonyl (C=O) groups is 1. The number of rotatable bonds is 7. The van der Waals surface area contributed by atoms with Gasteiger partial charge in [0.05, 0.1) is 6.10 Å². The van der Waals surface area contributed by atoms with Crippen LogP contribution in [-0.2, 0) is 9.53 Å². The fraction of sp³-hybridized carbons (Fsp3) is 0.889. The van der Waals surface area contributed by atoms with Gasteiger partial charge < -0.3 is 10.5 Å². The highest BCUT2D eigenvalue weighted by atomic mass is 16.5. The largest absolute Gasteiger partial charge is 0.368 e. The summed E-state index contributed by atoms with van der Waals surface area (Å²) in [7, 11) is 0. The summed E-state index contributed by atoms with van der Waals surface area (Å²) in [5.74, 6) is -0.382. The lowest BCUT2D eigenvalue weighted by molar-refractivity contribution is -0.124. The van der Waals surface area contributed by atoms with E-state index in [2.05, 4.69) is 13.8 Å². The number of ether oxygens (including phenoxy) is 1. The first kappa shape index (κ1) is 11.4. The number of amides is 1. The lowest BCUT2D eigenvalue weighted by atomic mass is 10.1. The zero-order valence-corrected chi connectivity index (χ0v) is 8.01. The van der Waals surface area contributed by atoms with Gasteiger partial charge in [-0.05, 0) is 12.8 Å². The molecular formula is C9H19NO2. The van der Waals surface area contributed by atoms with Gasteiger partial charge in [0.2, 0.25) is 5.91 Å². The molecule has 0 bridgehead atoms. The number of hydrogen-bond donors (Lipinski definition) is 1. The van der Waals surface area contributed by atoms with Gasteiger partial charge >= 0.3 is 0 Å². The van der Waals surface area contributed by atoms with Crippen LogP contribution in [0.4, 0.5) is 0 Å². The second kappa shape index (κ2) is 7.10. The highest BCUT2D eigenvalue weighted by molar-refractivity contribution is 5.74. The smallest absolute Gasteiger partial charge is 0.243 e. The Morgan fingerprint density at radius 2 is 1.83 bits per heavy atom. The molecule has 1 amide bonds. The summed E-state index contributed by atoms with van der Waals surface area (Å²) in [6, 6.07) is 0. The topological polar surface area (TPSA) is 52.3 Å². The van der Waals surface area contributed by atoms with Gasteiger partial charge in [-0.2, -0.15) is 0 Å². The van der Waals surface area contributed by atoms with Gasteiger partial charge in [-0.25, -0.2) is 0 Å². The molecule has 0 saturated heterocycles. The van der Waals surface area contributed by atoms with Gasteiger partial charge in [-0.1, -0.05) is 26.7 Å². The summed E-state index contributed by atoms with van der Waals surface area (Å²) >= 11 is 0. The molecule has 0 radical (unpaired) electrons. The molecule has 0 aliphatic carbocycles. The minimum absolute atomic E-state index is 0.0602.